The standard InChI is InChI=1S/C11H19NOS2/c1-10-3-5-12(6-4-10)11(7-14,8-15-2)9(10)13/h14H,3-8H2,1-2H3/t11-/m0/s1. The van der Waals surface area contributed by atoms with E-state index in [0.29, 0.717) is 11.5 Å². The summed E-state index contributed by atoms with van der Waals surface area (Å²) in [5.41, 5.74) is -0.332. The van der Waals surface area contributed by atoms with Crippen molar-refractivity contribution in [3.63, 3.8) is 0 Å². The fourth-order valence-electron chi connectivity index (χ4n) is 2.97. The third kappa shape index (κ3) is 1.56. The number of carbonyl (C=O) groups excluding carboxylic acids is 1. The minimum Gasteiger partial charge on any atom is -0.297 e. The zero-order valence-corrected chi connectivity index (χ0v) is 11.2. The zero-order chi connectivity index (χ0) is 11.1. The van der Waals surface area contributed by atoms with E-state index in [0.717, 1.165) is 31.7 Å². The van der Waals surface area contributed by atoms with Crippen molar-refractivity contribution in [2.24, 2.45) is 5.41 Å². The van der Waals surface area contributed by atoms with Crippen molar-refractivity contribution in [3.05, 3.63) is 0 Å². The van der Waals surface area contributed by atoms with Gasteiger partial charge in [0.15, 0.2) is 5.78 Å². The first kappa shape index (κ1) is 11.8. The van der Waals surface area contributed by atoms with Gasteiger partial charge in [-0.05, 0) is 19.1 Å². The van der Waals surface area contributed by atoms with Crippen LogP contribution < -0.4 is 0 Å². The summed E-state index contributed by atoms with van der Waals surface area (Å²) in [4.78, 5) is 14.9. The second-order valence-corrected chi connectivity index (χ2v) is 6.18. The number of carbonyl (C=O) groups is 1. The first-order valence-corrected chi connectivity index (χ1v) is 7.51. The lowest BCUT2D eigenvalue weighted by Gasteiger charge is -2.56. The van der Waals surface area contributed by atoms with Gasteiger partial charge in [-0.25, -0.2) is 0 Å². The van der Waals surface area contributed by atoms with Gasteiger partial charge in [0.05, 0.1) is 5.54 Å². The van der Waals surface area contributed by atoms with E-state index in [4.69, 9.17) is 0 Å². The number of thioether (sulfide) groups is 1. The molecule has 0 saturated carbocycles. The molecule has 3 heterocycles. The molecule has 2 nitrogen and oxygen atoms in total. The number of thiol groups is 1. The highest BCUT2D eigenvalue weighted by molar-refractivity contribution is 7.98. The molecule has 1 atom stereocenters. The van der Waals surface area contributed by atoms with Gasteiger partial charge in [0.25, 0.3) is 0 Å². The molecule has 3 aliphatic rings. The van der Waals surface area contributed by atoms with Gasteiger partial charge in [0, 0.05) is 30.0 Å². The molecule has 3 saturated heterocycles. The molecule has 3 rings (SSSR count). The molecule has 0 aromatic rings. The number of hydrogen-bond donors (Lipinski definition) is 1. The lowest BCUT2D eigenvalue weighted by Crippen LogP contribution is -2.70. The largest absolute Gasteiger partial charge is 0.297 e. The van der Waals surface area contributed by atoms with E-state index in [9.17, 15) is 4.79 Å². The van der Waals surface area contributed by atoms with Crippen molar-refractivity contribution in [1.82, 2.24) is 4.90 Å². The number of nitrogens with zero attached hydrogens (tertiary/aromatic N) is 1. The van der Waals surface area contributed by atoms with Crippen LogP contribution in [0.5, 0.6) is 0 Å². The van der Waals surface area contributed by atoms with Gasteiger partial charge in [-0.1, -0.05) is 6.92 Å². The molecule has 3 fully saturated rings. The minimum atomic E-state index is -0.270. The monoisotopic (exact) mass is 245 g/mol. The van der Waals surface area contributed by atoms with E-state index in [2.05, 4.69) is 30.7 Å². The van der Waals surface area contributed by atoms with Gasteiger partial charge in [0.1, 0.15) is 0 Å². The highest BCUT2D eigenvalue weighted by Gasteiger charge is 2.57. The first-order chi connectivity index (χ1) is 7.09. The first-order valence-electron chi connectivity index (χ1n) is 5.49. The number of ketones is 1. The fourth-order valence-corrected chi connectivity index (χ4v) is 4.47. The number of hydrogen-bond acceptors (Lipinski definition) is 4. The maximum absolute atomic E-state index is 12.5. The molecule has 0 aliphatic carbocycles. The van der Waals surface area contributed by atoms with Crippen LogP contribution in [0.15, 0.2) is 0 Å². The predicted octanol–water partition coefficient (Wildman–Crippen LogP) is 1.70. The quantitative estimate of drug-likeness (QED) is 0.764. The molecule has 0 amide bonds. The van der Waals surface area contributed by atoms with E-state index in [1.54, 1.807) is 11.8 Å². The van der Waals surface area contributed by atoms with Crippen LogP contribution in [0.2, 0.25) is 0 Å². The Kier molecular flexibility index (Phi) is 3.12. The van der Waals surface area contributed by atoms with Gasteiger partial charge in [-0.2, -0.15) is 24.4 Å². The number of fused-ring (bicyclic) bond motifs is 3. The summed E-state index contributed by atoms with van der Waals surface area (Å²) in [5, 5.41) is 0. The van der Waals surface area contributed by atoms with Crippen molar-refractivity contribution >= 4 is 30.2 Å². The van der Waals surface area contributed by atoms with Crippen molar-refractivity contribution in [1.29, 1.82) is 0 Å². The maximum atomic E-state index is 12.5. The molecule has 86 valence electrons. The Labute approximate surface area is 102 Å². The highest BCUT2D eigenvalue weighted by atomic mass is 32.2. The summed E-state index contributed by atoms with van der Waals surface area (Å²) in [6.07, 6.45) is 4.15. The average molecular weight is 245 g/mol. The van der Waals surface area contributed by atoms with E-state index in [1.165, 1.54) is 0 Å². The molecule has 0 radical (unpaired) electrons. The smallest absolute Gasteiger partial charge is 0.160 e. The molecule has 0 N–H and O–H groups in total. The van der Waals surface area contributed by atoms with Crippen molar-refractivity contribution in [3.8, 4) is 0 Å². The van der Waals surface area contributed by atoms with Crippen LogP contribution in [0.25, 0.3) is 0 Å². The third-order valence-corrected chi connectivity index (χ3v) is 5.38. The predicted molar refractivity (Wildman–Crippen MR) is 68.9 cm³/mol. The lowest BCUT2D eigenvalue weighted by atomic mass is 9.65. The molecule has 0 aromatic heterocycles. The summed E-state index contributed by atoms with van der Waals surface area (Å²) in [6.45, 7) is 4.29. The Bertz CT molecular complexity index is 274. The minimum absolute atomic E-state index is 0.0623. The zero-order valence-electron chi connectivity index (χ0n) is 9.45. The molecule has 2 bridgehead atoms. The van der Waals surface area contributed by atoms with Crippen LogP contribution in [-0.4, -0.2) is 47.1 Å². The number of piperidine rings is 3. The van der Waals surface area contributed by atoms with Crippen LogP contribution in [0.1, 0.15) is 19.8 Å². The second-order valence-electron chi connectivity index (χ2n) is 5.00. The number of Topliss-reactive ketones (excluding diaryl/α,β-unsaturated/α-hetero) is 1. The highest BCUT2D eigenvalue weighted by Crippen LogP contribution is 2.46. The van der Waals surface area contributed by atoms with Gasteiger partial charge in [-0.15, -0.1) is 0 Å². The van der Waals surface area contributed by atoms with Gasteiger partial charge in [-0.3, -0.25) is 9.69 Å². The molecular formula is C11H19NOS2. The van der Waals surface area contributed by atoms with E-state index in [1.807, 2.05) is 0 Å². The summed E-state index contributed by atoms with van der Waals surface area (Å²) in [6, 6.07) is 0. The average Bonchev–Trinajstić information content (AvgIpc) is 2.25. The molecule has 15 heavy (non-hydrogen) atoms. The van der Waals surface area contributed by atoms with Crippen molar-refractivity contribution in [2.75, 3.05) is 30.9 Å². The van der Waals surface area contributed by atoms with E-state index < -0.39 is 0 Å². The molecule has 0 aromatic carbocycles. The fraction of sp³-hybridized carbons (Fsp3) is 0.909. The summed E-state index contributed by atoms with van der Waals surface area (Å²) >= 11 is 6.20. The second kappa shape index (κ2) is 3.97. The molecule has 0 unspecified atom stereocenters. The van der Waals surface area contributed by atoms with E-state index in [-0.39, 0.29) is 11.0 Å². The Morgan fingerprint density at radius 2 is 2.07 bits per heavy atom. The third-order valence-electron chi connectivity index (χ3n) is 4.09. The van der Waals surface area contributed by atoms with Crippen molar-refractivity contribution < 1.29 is 4.79 Å². The summed E-state index contributed by atoms with van der Waals surface area (Å²) in [5.74, 6) is 2.00. The molecule has 4 heteroatoms. The van der Waals surface area contributed by atoms with Crippen LogP contribution in [0, 0.1) is 5.41 Å². The summed E-state index contributed by atoms with van der Waals surface area (Å²) in [7, 11) is 0. The Balaban J connectivity index is 2.34. The van der Waals surface area contributed by atoms with Gasteiger partial charge >= 0.3 is 0 Å². The van der Waals surface area contributed by atoms with Crippen LogP contribution in [0.3, 0.4) is 0 Å². The topological polar surface area (TPSA) is 20.3 Å². The maximum Gasteiger partial charge on any atom is 0.160 e. The van der Waals surface area contributed by atoms with Crippen LogP contribution in [-0.2, 0) is 4.79 Å². The Morgan fingerprint density at radius 3 is 2.53 bits per heavy atom. The van der Waals surface area contributed by atoms with Crippen LogP contribution in [0.4, 0.5) is 0 Å². The van der Waals surface area contributed by atoms with E-state index >= 15 is 0 Å². The van der Waals surface area contributed by atoms with Crippen molar-refractivity contribution in [2.45, 2.75) is 25.3 Å². The number of rotatable bonds is 3. The van der Waals surface area contributed by atoms with Gasteiger partial charge in [0.2, 0.25) is 0 Å². The molecule has 0 spiro atoms. The summed E-state index contributed by atoms with van der Waals surface area (Å²) < 4.78 is 0. The van der Waals surface area contributed by atoms with Gasteiger partial charge < -0.3 is 0 Å². The lowest BCUT2D eigenvalue weighted by molar-refractivity contribution is -0.153. The Hall–Kier alpha value is 0.330. The molecular weight excluding hydrogens is 226 g/mol. The Morgan fingerprint density at radius 1 is 1.47 bits per heavy atom. The normalized spacial score (nSPS) is 44.7. The SMILES string of the molecule is CSC[C@@]1(CS)C(=O)C2(C)CCN1CC2. The molecule has 3 aliphatic heterocycles. The van der Waals surface area contributed by atoms with Crippen LogP contribution >= 0.6 is 24.4 Å².